The maximum atomic E-state index is 11.8. The molecule has 0 unspecified atom stereocenters. The summed E-state index contributed by atoms with van der Waals surface area (Å²) in [5.41, 5.74) is 1.35. The van der Waals surface area contributed by atoms with Gasteiger partial charge in [0.05, 0.1) is 11.4 Å². The van der Waals surface area contributed by atoms with Crippen LogP contribution in [0.1, 0.15) is 26.2 Å². The van der Waals surface area contributed by atoms with Gasteiger partial charge in [-0.05, 0) is 37.1 Å². The van der Waals surface area contributed by atoms with Crippen molar-refractivity contribution in [1.29, 1.82) is 0 Å². The molecule has 0 spiro atoms. The highest BCUT2D eigenvalue weighted by atomic mass is 32.2. The number of nitrogens with zero attached hydrogens (tertiary/aromatic N) is 1. The Morgan fingerprint density at radius 3 is 2.53 bits per heavy atom. The van der Waals surface area contributed by atoms with Crippen molar-refractivity contribution in [2.45, 2.75) is 26.2 Å². The lowest BCUT2D eigenvalue weighted by Crippen LogP contribution is -2.24. The van der Waals surface area contributed by atoms with E-state index in [0.29, 0.717) is 30.8 Å². The lowest BCUT2D eigenvalue weighted by molar-refractivity contribution is -0.116. The van der Waals surface area contributed by atoms with E-state index in [1.165, 1.54) is 4.31 Å². The molecular weight excluding hydrogens is 264 g/mol. The summed E-state index contributed by atoms with van der Waals surface area (Å²) in [6.45, 7) is 2.48. The number of hydrogen-bond acceptors (Lipinski definition) is 3. The largest absolute Gasteiger partial charge is 0.326 e. The Labute approximate surface area is 113 Å². The van der Waals surface area contributed by atoms with Gasteiger partial charge in [0.1, 0.15) is 0 Å². The number of hydrogen-bond donors (Lipinski definition) is 1. The zero-order valence-electron chi connectivity index (χ0n) is 10.9. The molecule has 1 amide bonds. The van der Waals surface area contributed by atoms with E-state index in [0.717, 1.165) is 6.42 Å². The molecule has 0 saturated carbocycles. The summed E-state index contributed by atoms with van der Waals surface area (Å²) in [6.07, 6.45) is 1.95. The van der Waals surface area contributed by atoms with Crippen molar-refractivity contribution >= 4 is 27.3 Å². The van der Waals surface area contributed by atoms with Gasteiger partial charge in [0.15, 0.2) is 0 Å². The number of rotatable bonds is 4. The van der Waals surface area contributed by atoms with Crippen LogP contribution in [0.2, 0.25) is 0 Å². The molecule has 1 fully saturated rings. The Bertz CT molecular complexity index is 552. The molecule has 1 heterocycles. The average Bonchev–Trinajstić information content (AvgIpc) is 2.70. The summed E-state index contributed by atoms with van der Waals surface area (Å²) >= 11 is 0. The SMILES string of the molecule is CCCC(=O)Nc1ccc(N2CCCS2(=O)=O)cc1. The van der Waals surface area contributed by atoms with Crippen LogP contribution >= 0.6 is 0 Å². The predicted octanol–water partition coefficient (Wildman–Crippen LogP) is 1.97. The third-order valence-corrected chi connectivity index (χ3v) is 4.88. The van der Waals surface area contributed by atoms with E-state index in [2.05, 4.69) is 5.32 Å². The Kier molecular flexibility index (Phi) is 4.09. The van der Waals surface area contributed by atoms with E-state index >= 15 is 0 Å². The van der Waals surface area contributed by atoms with Gasteiger partial charge in [-0.15, -0.1) is 0 Å². The standard InChI is InChI=1S/C13H18N2O3S/c1-2-4-13(16)14-11-5-7-12(8-6-11)15-9-3-10-19(15,17)18/h5-8H,2-4,9-10H2,1H3,(H,14,16). The third kappa shape index (κ3) is 3.26. The molecule has 5 nitrogen and oxygen atoms in total. The van der Waals surface area contributed by atoms with Crippen molar-refractivity contribution in [3.05, 3.63) is 24.3 Å². The molecule has 0 aromatic heterocycles. The molecule has 1 N–H and O–H groups in total. The van der Waals surface area contributed by atoms with Gasteiger partial charge in [0.25, 0.3) is 0 Å². The summed E-state index contributed by atoms with van der Waals surface area (Å²) < 4.78 is 25.0. The molecular formula is C13H18N2O3S. The van der Waals surface area contributed by atoms with Crippen LogP contribution in [-0.4, -0.2) is 26.6 Å². The normalized spacial score (nSPS) is 17.4. The van der Waals surface area contributed by atoms with E-state index in [1.54, 1.807) is 24.3 Å². The minimum atomic E-state index is -3.14. The van der Waals surface area contributed by atoms with Gasteiger partial charge >= 0.3 is 0 Å². The van der Waals surface area contributed by atoms with E-state index in [-0.39, 0.29) is 11.7 Å². The first-order valence-electron chi connectivity index (χ1n) is 6.43. The molecule has 19 heavy (non-hydrogen) atoms. The highest BCUT2D eigenvalue weighted by Crippen LogP contribution is 2.25. The van der Waals surface area contributed by atoms with Gasteiger partial charge < -0.3 is 5.32 Å². The van der Waals surface area contributed by atoms with Crippen molar-refractivity contribution in [3.63, 3.8) is 0 Å². The number of carbonyl (C=O) groups is 1. The molecule has 6 heteroatoms. The quantitative estimate of drug-likeness (QED) is 0.918. The number of amides is 1. The summed E-state index contributed by atoms with van der Waals surface area (Å²) in [7, 11) is -3.14. The highest BCUT2D eigenvalue weighted by Gasteiger charge is 2.28. The zero-order chi connectivity index (χ0) is 13.9. The molecule has 104 valence electrons. The Morgan fingerprint density at radius 2 is 2.00 bits per heavy atom. The molecule has 2 rings (SSSR count). The zero-order valence-corrected chi connectivity index (χ0v) is 11.7. The van der Waals surface area contributed by atoms with Gasteiger partial charge in [-0.2, -0.15) is 0 Å². The number of nitrogens with one attached hydrogen (secondary N) is 1. The van der Waals surface area contributed by atoms with Gasteiger partial charge in [0, 0.05) is 18.7 Å². The van der Waals surface area contributed by atoms with E-state index in [9.17, 15) is 13.2 Å². The summed E-state index contributed by atoms with van der Waals surface area (Å²) in [4.78, 5) is 11.4. The maximum absolute atomic E-state index is 11.8. The minimum Gasteiger partial charge on any atom is -0.326 e. The fraction of sp³-hybridized carbons (Fsp3) is 0.462. The highest BCUT2D eigenvalue weighted by molar-refractivity contribution is 7.93. The molecule has 0 atom stereocenters. The summed E-state index contributed by atoms with van der Waals surface area (Å²) in [6, 6.07) is 6.92. The molecule has 0 bridgehead atoms. The van der Waals surface area contributed by atoms with E-state index in [1.807, 2.05) is 6.92 Å². The molecule has 0 radical (unpaired) electrons. The second kappa shape index (κ2) is 5.61. The maximum Gasteiger partial charge on any atom is 0.235 e. The lowest BCUT2D eigenvalue weighted by Gasteiger charge is -2.17. The molecule has 1 aliphatic rings. The monoisotopic (exact) mass is 282 g/mol. The smallest absolute Gasteiger partial charge is 0.235 e. The van der Waals surface area contributed by atoms with Gasteiger partial charge in [-0.3, -0.25) is 9.10 Å². The molecule has 1 aromatic rings. The van der Waals surface area contributed by atoms with Crippen LogP contribution < -0.4 is 9.62 Å². The topological polar surface area (TPSA) is 66.5 Å². The van der Waals surface area contributed by atoms with Crippen LogP contribution in [0, 0.1) is 0 Å². The van der Waals surface area contributed by atoms with Crippen LogP contribution in [0.4, 0.5) is 11.4 Å². The first kappa shape index (κ1) is 13.9. The second-order valence-electron chi connectivity index (χ2n) is 4.59. The third-order valence-electron chi connectivity index (χ3n) is 3.02. The number of sulfonamides is 1. The summed E-state index contributed by atoms with van der Waals surface area (Å²) in [5, 5.41) is 2.77. The Balaban J connectivity index is 2.09. The van der Waals surface area contributed by atoms with E-state index in [4.69, 9.17) is 0 Å². The molecule has 1 saturated heterocycles. The van der Waals surface area contributed by atoms with Crippen molar-refractivity contribution in [2.24, 2.45) is 0 Å². The van der Waals surface area contributed by atoms with Crippen molar-refractivity contribution in [3.8, 4) is 0 Å². The Morgan fingerprint density at radius 1 is 1.32 bits per heavy atom. The van der Waals surface area contributed by atoms with Crippen LogP contribution in [0.15, 0.2) is 24.3 Å². The predicted molar refractivity (Wildman–Crippen MR) is 75.7 cm³/mol. The first-order valence-corrected chi connectivity index (χ1v) is 8.04. The second-order valence-corrected chi connectivity index (χ2v) is 6.60. The van der Waals surface area contributed by atoms with Gasteiger partial charge in [0.2, 0.25) is 15.9 Å². The lowest BCUT2D eigenvalue weighted by atomic mass is 10.2. The van der Waals surface area contributed by atoms with Crippen LogP contribution in [0.3, 0.4) is 0 Å². The van der Waals surface area contributed by atoms with Crippen molar-refractivity contribution < 1.29 is 13.2 Å². The average molecular weight is 282 g/mol. The van der Waals surface area contributed by atoms with E-state index < -0.39 is 10.0 Å². The van der Waals surface area contributed by atoms with Crippen molar-refractivity contribution in [2.75, 3.05) is 21.9 Å². The fourth-order valence-corrected chi connectivity index (χ4v) is 3.66. The molecule has 0 aliphatic carbocycles. The van der Waals surface area contributed by atoms with Crippen LogP contribution in [0.25, 0.3) is 0 Å². The fourth-order valence-electron chi connectivity index (χ4n) is 2.09. The molecule has 1 aliphatic heterocycles. The number of anilines is 2. The first-order chi connectivity index (χ1) is 9.03. The van der Waals surface area contributed by atoms with Crippen LogP contribution in [-0.2, 0) is 14.8 Å². The minimum absolute atomic E-state index is 0.0240. The Hall–Kier alpha value is -1.56. The van der Waals surface area contributed by atoms with Gasteiger partial charge in [-0.25, -0.2) is 8.42 Å². The summed E-state index contributed by atoms with van der Waals surface area (Å²) in [5.74, 6) is 0.186. The number of carbonyl (C=O) groups excluding carboxylic acids is 1. The molecule has 1 aromatic carbocycles. The van der Waals surface area contributed by atoms with Crippen molar-refractivity contribution in [1.82, 2.24) is 0 Å². The van der Waals surface area contributed by atoms with Gasteiger partial charge in [-0.1, -0.05) is 6.92 Å². The number of benzene rings is 1. The van der Waals surface area contributed by atoms with Crippen LogP contribution in [0.5, 0.6) is 0 Å².